The summed E-state index contributed by atoms with van der Waals surface area (Å²) in [5.41, 5.74) is 4.55. The van der Waals surface area contributed by atoms with Crippen LogP contribution in [0, 0.1) is 5.82 Å². The van der Waals surface area contributed by atoms with Crippen LogP contribution in [0.5, 0.6) is 0 Å². The lowest BCUT2D eigenvalue weighted by atomic mass is 10.0. The molecule has 5 nitrogen and oxygen atoms in total. The monoisotopic (exact) mass is 360 g/mol. The molecule has 2 heterocycles. The molecule has 0 saturated carbocycles. The molecule has 27 heavy (non-hydrogen) atoms. The van der Waals surface area contributed by atoms with Crippen LogP contribution in [-0.2, 0) is 13.6 Å². The van der Waals surface area contributed by atoms with E-state index in [1.54, 1.807) is 30.9 Å². The Balaban J connectivity index is 1.72. The van der Waals surface area contributed by atoms with Crippen LogP contribution in [0.4, 0.5) is 4.39 Å². The van der Waals surface area contributed by atoms with Crippen LogP contribution in [0.15, 0.2) is 67.3 Å². The molecule has 1 N–H and O–H groups in total. The minimum atomic E-state index is -0.299. The minimum Gasteiger partial charge on any atom is -0.348 e. The number of nitrogens with one attached hydrogen (secondary N) is 1. The molecule has 2 aromatic heterocycles. The van der Waals surface area contributed by atoms with Gasteiger partial charge in [-0.15, -0.1) is 0 Å². The number of nitrogens with zero attached hydrogens (tertiary/aromatic N) is 3. The third-order valence-corrected chi connectivity index (χ3v) is 4.41. The lowest BCUT2D eigenvalue weighted by molar-refractivity contribution is 0.0952. The van der Waals surface area contributed by atoms with Crippen molar-refractivity contribution >= 4 is 16.9 Å². The van der Waals surface area contributed by atoms with Gasteiger partial charge in [0.25, 0.3) is 5.91 Å². The number of rotatable bonds is 4. The molecule has 4 aromatic rings. The number of carbonyl (C=O) groups excluding carboxylic acids is 1. The number of pyridine rings is 1. The van der Waals surface area contributed by atoms with Crippen molar-refractivity contribution < 1.29 is 9.18 Å². The third kappa shape index (κ3) is 3.42. The highest BCUT2D eigenvalue weighted by molar-refractivity contribution is 6.06. The molecular formula is C21H17FN4O. The number of aryl methyl sites for hydroxylation is 1. The molecule has 0 aliphatic carbocycles. The summed E-state index contributed by atoms with van der Waals surface area (Å²) in [6.45, 7) is 0.382. The molecule has 0 atom stereocenters. The number of hydrogen-bond acceptors (Lipinski definition) is 3. The first kappa shape index (κ1) is 16.9. The van der Waals surface area contributed by atoms with Gasteiger partial charge in [-0.25, -0.2) is 9.37 Å². The third-order valence-electron chi connectivity index (χ3n) is 4.41. The SMILES string of the molecule is Cn1cnc2cc(-c3ccc(F)cc3)cc(C(=O)NCc3cccnc3)c21. The zero-order chi connectivity index (χ0) is 18.8. The average molecular weight is 360 g/mol. The van der Waals surface area contributed by atoms with Gasteiger partial charge in [0, 0.05) is 26.0 Å². The summed E-state index contributed by atoms with van der Waals surface area (Å²) in [6.07, 6.45) is 5.09. The van der Waals surface area contributed by atoms with Crippen LogP contribution in [0.3, 0.4) is 0 Å². The largest absolute Gasteiger partial charge is 0.348 e. The van der Waals surface area contributed by atoms with Gasteiger partial charge in [0.05, 0.1) is 22.9 Å². The van der Waals surface area contributed by atoms with E-state index < -0.39 is 0 Å². The van der Waals surface area contributed by atoms with Gasteiger partial charge in [0.15, 0.2) is 0 Å². The molecule has 0 saturated heterocycles. The van der Waals surface area contributed by atoms with E-state index in [0.29, 0.717) is 17.6 Å². The van der Waals surface area contributed by atoms with Crippen LogP contribution >= 0.6 is 0 Å². The summed E-state index contributed by atoms with van der Waals surface area (Å²) in [6, 6.07) is 13.6. The molecule has 0 radical (unpaired) electrons. The average Bonchev–Trinajstić information content (AvgIpc) is 3.08. The van der Waals surface area contributed by atoms with Crippen molar-refractivity contribution in [2.24, 2.45) is 7.05 Å². The molecule has 2 aromatic carbocycles. The minimum absolute atomic E-state index is 0.198. The fraction of sp³-hybridized carbons (Fsp3) is 0.0952. The zero-order valence-corrected chi connectivity index (χ0v) is 14.7. The number of halogens is 1. The van der Waals surface area contributed by atoms with Gasteiger partial charge in [0.2, 0.25) is 0 Å². The van der Waals surface area contributed by atoms with Crippen molar-refractivity contribution in [1.29, 1.82) is 0 Å². The zero-order valence-electron chi connectivity index (χ0n) is 14.7. The fourth-order valence-corrected chi connectivity index (χ4v) is 3.06. The Morgan fingerprint density at radius 2 is 1.96 bits per heavy atom. The van der Waals surface area contributed by atoms with Crippen LogP contribution in [0.1, 0.15) is 15.9 Å². The van der Waals surface area contributed by atoms with Crippen LogP contribution in [0.2, 0.25) is 0 Å². The van der Waals surface area contributed by atoms with Crippen LogP contribution < -0.4 is 5.32 Å². The van der Waals surface area contributed by atoms with Crippen molar-refractivity contribution in [3.63, 3.8) is 0 Å². The highest BCUT2D eigenvalue weighted by Crippen LogP contribution is 2.27. The standard InChI is InChI=1S/C21H17FN4O/c1-26-13-25-19-10-16(15-4-6-17(22)7-5-15)9-18(20(19)26)21(27)24-12-14-3-2-8-23-11-14/h2-11,13H,12H2,1H3,(H,24,27). The Morgan fingerprint density at radius 3 is 2.70 bits per heavy atom. The maximum absolute atomic E-state index is 13.2. The number of benzene rings is 2. The summed E-state index contributed by atoms with van der Waals surface area (Å²) in [5, 5.41) is 2.93. The van der Waals surface area contributed by atoms with Gasteiger partial charge >= 0.3 is 0 Å². The topological polar surface area (TPSA) is 59.8 Å². The highest BCUT2D eigenvalue weighted by atomic mass is 19.1. The molecule has 0 unspecified atom stereocenters. The van der Waals surface area contributed by atoms with Gasteiger partial charge in [-0.1, -0.05) is 18.2 Å². The number of carbonyl (C=O) groups is 1. The lowest BCUT2D eigenvalue weighted by Crippen LogP contribution is -2.23. The van der Waals surface area contributed by atoms with Gasteiger partial charge in [0.1, 0.15) is 5.82 Å². The molecule has 0 bridgehead atoms. The van der Waals surface area contributed by atoms with E-state index in [4.69, 9.17) is 0 Å². The Morgan fingerprint density at radius 1 is 1.15 bits per heavy atom. The second-order valence-electron chi connectivity index (χ2n) is 6.30. The number of imidazole rings is 1. The van der Waals surface area contributed by atoms with E-state index in [0.717, 1.165) is 22.2 Å². The maximum Gasteiger partial charge on any atom is 0.253 e. The molecule has 0 spiro atoms. The summed E-state index contributed by atoms with van der Waals surface area (Å²) < 4.78 is 15.1. The van der Waals surface area contributed by atoms with Crippen molar-refractivity contribution in [2.75, 3.05) is 0 Å². The van der Waals surface area contributed by atoms with E-state index in [-0.39, 0.29) is 11.7 Å². The number of amides is 1. The predicted octanol–water partition coefficient (Wildman–Crippen LogP) is 3.70. The summed E-state index contributed by atoms with van der Waals surface area (Å²) in [5.74, 6) is -0.497. The maximum atomic E-state index is 13.2. The Kier molecular flexibility index (Phi) is 4.38. The van der Waals surface area contributed by atoms with E-state index in [1.165, 1.54) is 12.1 Å². The Bertz CT molecular complexity index is 1100. The first-order chi connectivity index (χ1) is 13.1. The fourth-order valence-electron chi connectivity index (χ4n) is 3.06. The Labute approximate surface area is 155 Å². The predicted molar refractivity (Wildman–Crippen MR) is 102 cm³/mol. The normalized spacial score (nSPS) is 10.9. The number of fused-ring (bicyclic) bond motifs is 1. The summed E-state index contributed by atoms with van der Waals surface area (Å²) in [7, 11) is 1.85. The molecule has 6 heteroatoms. The van der Waals surface area contributed by atoms with E-state index in [9.17, 15) is 9.18 Å². The van der Waals surface area contributed by atoms with Crippen molar-refractivity contribution in [1.82, 2.24) is 19.9 Å². The molecule has 0 aliphatic rings. The first-order valence-corrected chi connectivity index (χ1v) is 8.50. The van der Waals surface area contributed by atoms with E-state index in [2.05, 4.69) is 15.3 Å². The first-order valence-electron chi connectivity index (χ1n) is 8.50. The summed E-state index contributed by atoms with van der Waals surface area (Å²) >= 11 is 0. The second-order valence-corrected chi connectivity index (χ2v) is 6.30. The van der Waals surface area contributed by atoms with Crippen molar-refractivity contribution in [3.8, 4) is 11.1 Å². The molecule has 134 valence electrons. The smallest absolute Gasteiger partial charge is 0.253 e. The number of hydrogen-bond donors (Lipinski definition) is 1. The Hall–Kier alpha value is -3.54. The molecule has 1 amide bonds. The number of aromatic nitrogens is 3. The molecule has 4 rings (SSSR count). The van der Waals surface area contributed by atoms with Crippen molar-refractivity contribution in [3.05, 3.63) is 84.2 Å². The van der Waals surface area contributed by atoms with Crippen LogP contribution in [0.25, 0.3) is 22.2 Å². The lowest BCUT2D eigenvalue weighted by Gasteiger charge is -2.10. The molecule has 0 fully saturated rings. The van der Waals surface area contributed by atoms with Crippen molar-refractivity contribution in [2.45, 2.75) is 6.54 Å². The van der Waals surface area contributed by atoms with Gasteiger partial charge in [-0.3, -0.25) is 9.78 Å². The highest BCUT2D eigenvalue weighted by Gasteiger charge is 2.16. The van der Waals surface area contributed by atoms with Crippen LogP contribution in [-0.4, -0.2) is 20.4 Å². The molecule has 0 aliphatic heterocycles. The van der Waals surface area contributed by atoms with Gasteiger partial charge < -0.3 is 9.88 Å². The van der Waals surface area contributed by atoms with E-state index in [1.807, 2.05) is 35.9 Å². The summed E-state index contributed by atoms with van der Waals surface area (Å²) in [4.78, 5) is 21.3. The second kappa shape index (κ2) is 6.99. The van der Waals surface area contributed by atoms with Gasteiger partial charge in [-0.05, 0) is 47.0 Å². The quantitative estimate of drug-likeness (QED) is 0.604. The molecular weight excluding hydrogens is 343 g/mol. The van der Waals surface area contributed by atoms with Gasteiger partial charge in [-0.2, -0.15) is 0 Å². The van der Waals surface area contributed by atoms with E-state index >= 15 is 0 Å².